The Labute approximate surface area is 180 Å². The first-order valence-electron chi connectivity index (χ1n) is 10.5. The van der Waals surface area contributed by atoms with Crippen molar-refractivity contribution in [1.82, 2.24) is 0 Å². The topological polar surface area (TPSA) is 29.5 Å². The van der Waals surface area contributed by atoms with E-state index in [-0.39, 0.29) is 12.2 Å². The van der Waals surface area contributed by atoms with Crippen molar-refractivity contribution < 1.29 is 9.84 Å². The normalized spacial score (nSPS) is 21.4. The molecule has 4 atom stereocenters. The summed E-state index contributed by atoms with van der Waals surface area (Å²) < 4.78 is 8.18. The van der Waals surface area contributed by atoms with Crippen molar-refractivity contribution in [2.45, 2.75) is 48.8 Å². The van der Waals surface area contributed by atoms with Crippen LogP contribution in [0.2, 0.25) is 4.82 Å². The Morgan fingerprint density at radius 2 is 1.28 bits per heavy atom. The van der Waals surface area contributed by atoms with Crippen molar-refractivity contribution in [3.63, 3.8) is 0 Å². The van der Waals surface area contributed by atoms with Crippen LogP contribution >= 0.6 is 0 Å². The van der Waals surface area contributed by atoms with Crippen LogP contribution in [0.3, 0.4) is 0 Å². The molecule has 0 bridgehead atoms. The van der Waals surface area contributed by atoms with Crippen LogP contribution < -0.4 is 4.46 Å². The average molecular weight is 451 g/mol. The maximum atomic E-state index is 11.2. The molecule has 1 N–H and O–H groups in total. The molecule has 3 aromatic carbocycles. The minimum atomic E-state index is -0.676. The molecule has 0 aromatic heterocycles. The van der Waals surface area contributed by atoms with Crippen molar-refractivity contribution in [3.05, 3.63) is 102 Å². The summed E-state index contributed by atoms with van der Waals surface area (Å²) in [7, 11) is 0. The Morgan fingerprint density at radius 3 is 1.93 bits per heavy atom. The Balaban J connectivity index is 1.57. The Bertz CT molecular complexity index is 854. The van der Waals surface area contributed by atoms with Gasteiger partial charge in [0, 0.05) is 0 Å². The average Bonchev–Trinajstić information content (AvgIpc) is 2.80. The zero-order valence-electron chi connectivity index (χ0n) is 16.6. The molecule has 0 saturated heterocycles. The van der Waals surface area contributed by atoms with Gasteiger partial charge in [-0.3, -0.25) is 0 Å². The summed E-state index contributed by atoms with van der Waals surface area (Å²) in [6, 6.07) is 30.9. The van der Waals surface area contributed by atoms with E-state index in [0.29, 0.717) is 19.8 Å². The van der Waals surface area contributed by atoms with E-state index in [4.69, 9.17) is 4.74 Å². The zero-order valence-corrected chi connectivity index (χ0v) is 18.3. The van der Waals surface area contributed by atoms with E-state index in [1.807, 2.05) is 48.5 Å². The Hall–Kier alpha value is -1.90. The van der Waals surface area contributed by atoms with E-state index in [1.165, 1.54) is 23.7 Å². The molecule has 3 aromatic rings. The fourth-order valence-corrected chi connectivity index (χ4v) is 6.75. The molecule has 0 radical (unpaired) electrons. The van der Waals surface area contributed by atoms with Crippen LogP contribution in [0.25, 0.3) is 0 Å². The third-order valence-corrected chi connectivity index (χ3v) is 8.46. The molecular weight excluding hydrogens is 423 g/mol. The van der Waals surface area contributed by atoms with Gasteiger partial charge in [-0.15, -0.1) is 0 Å². The monoisotopic (exact) mass is 452 g/mol. The molecule has 0 aliphatic heterocycles. The van der Waals surface area contributed by atoms with Crippen molar-refractivity contribution in [1.29, 1.82) is 0 Å². The molecule has 1 saturated carbocycles. The number of benzene rings is 3. The third kappa shape index (κ3) is 5.38. The van der Waals surface area contributed by atoms with E-state index in [9.17, 15) is 5.11 Å². The fraction of sp³-hybridized carbons (Fsp3) is 0.308. The van der Waals surface area contributed by atoms with Gasteiger partial charge >= 0.3 is 180 Å². The molecule has 0 unspecified atom stereocenters. The molecule has 29 heavy (non-hydrogen) atoms. The van der Waals surface area contributed by atoms with Gasteiger partial charge in [-0.1, -0.05) is 0 Å². The van der Waals surface area contributed by atoms with E-state index in [1.54, 1.807) is 0 Å². The number of hydrogen-bond donors (Lipinski definition) is 1. The van der Waals surface area contributed by atoms with Crippen LogP contribution in [-0.2, 0) is 4.74 Å². The molecule has 0 heterocycles. The second kappa shape index (κ2) is 10.2. The molecule has 1 fully saturated rings. The third-order valence-electron chi connectivity index (χ3n) is 5.55. The second-order valence-corrected chi connectivity index (χ2v) is 10.4. The summed E-state index contributed by atoms with van der Waals surface area (Å²) in [5, 5.41) is 11.2. The maximum absolute atomic E-state index is 11.2. The molecule has 150 valence electrons. The first-order chi connectivity index (χ1) is 14.3. The molecule has 1 aliphatic rings. The fourth-order valence-electron chi connectivity index (χ4n) is 4.02. The van der Waals surface area contributed by atoms with Crippen LogP contribution in [-0.4, -0.2) is 26.2 Å². The number of ether oxygens (including phenoxy) is 1. The summed E-state index contributed by atoms with van der Waals surface area (Å²) in [4.78, 5) is 0.549. The van der Waals surface area contributed by atoms with Gasteiger partial charge in [0.1, 0.15) is 0 Å². The SMILES string of the molecule is O[C@@H](c1ccccc1)[C@@H](O[C@H]1CCCC[C@@H]1[Se]c1ccccc1)c1ccccc1. The van der Waals surface area contributed by atoms with Gasteiger partial charge in [0.15, 0.2) is 0 Å². The van der Waals surface area contributed by atoms with Gasteiger partial charge < -0.3 is 0 Å². The number of aliphatic hydroxyl groups is 1. The van der Waals surface area contributed by atoms with Gasteiger partial charge in [-0.25, -0.2) is 0 Å². The minimum absolute atomic E-state index is 0.188. The van der Waals surface area contributed by atoms with Crippen LogP contribution in [0, 0.1) is 0 Å². The van der Waals surface area contributed by atoms with E-state index in [2.05, 4.69) is 42.5 Å². The zero-order chi connectivity index (χ0) is 19.9. The molecule has 2 nitrogen and oxygen atoms in total. The molecule has 1 aliphatic carbocycles. The quantitative estimate of drug-likeness (QED) is 0.498. The Morgan fingerprint density at radius 1 is 0.724 bits per heavy atom. The second-order valence-electron chi connectivity index (χ2n) is 7.62. The summed E-state index contributed by atoms with van der Waals surface area (Å²) in [5.74, 6) is 0. The van der Waals surface area contributed by atoms with Gasteiger partial charge in [0.05, 0.1) is 0 Å². The van der Waals surface area contributed by atoms with Crippen molar-refractivity contribution >= 4 is 19.4 Å². The van der Waals surface area contributed by atoms with E-state index in [0.717, 1.165) is 17.5 Å². The molecule has 4 rings (SSSR count). The summed E-state index contributed by atoms with van der Waals surface area (Å²) in [6.07, 6.45) is 3.92. The van der Waals surface area contributed by atoms with E-state index < -0.39 is 6.10 Å². The number of rotatable bonds is 7. The first-order valence-corrected chi connectivity index (χ1v) is 12.3. The van der Waals surface area contributed by atoms with E-state index >= 15 is 0 Å². The van der Waals surface area contributed by atoms with Crippen molar-refractivity contribution in [2.24, 2.45) is 0 Å². The van der Waals surface area contributed by atoms with Gasteiger partial charge in [-0.05, 0) is 0 Å². The van der Waals surface area contributed by atoms with Gasteiger partial charge in [0.25, 0.3) is 0 Å². The predicted molar refractivity (Wildman–Crippen MR) is 120 cm³/mol. The van der Waals surface area contributed by atoms with Crippen LogP contribution in [0.15, 0.2) is 91.0 Å². The molecule has 0 amide bonds. The van der Waals surface area contributed by atoms with Gasteiger partial charge in [-0.2, -0.15) is 0 Å². The summed E-state index contributed by atoms with van der Waals surface area (Å²) >= 11 is 0.380. The first kappa shape index (κ1) is 20.4. The van der Waals surface area contributed by atoms with Crippen LogP contribution in [0.4, 0.5) is 0 Å². The summed E-state index contributed by atoms with van der Waals surface area (Å²) in [5.41, 5.74) is 1.95. The molecule has 3 heteroatoms. The van der Waals surface area contributed by atoms with Crippen molar-refractivity contribution in [2.75, 3.05) is 0 Å². The van der Waals surface area contributed by atoms with Gasteiger partial charge in [0.2, 0.25) is 0 Å². The number of hydrogen-bond acceptors (Lipinski definition) is 2. The van der Waals surface area contributed by atoms with Crippen LogP contribution in [0.1, 0.15) is 49.0 Å². The predicted octanol–water partition coefficient (Wildman–Crippen LogP) is 5.24. The van der Waals surface area contributed by atoms with Crippen LogP contribution in [0.5, 0.6) is 0 Å². The summed E-state index contributed by atoms with van der Waals surface area (Å²) in [6.45, 7) is 0. The standard InChI is InChI=1S/C26H28O2Se/c27-25(20-12-4-1-5-13-20)26(21-14-6-2-7-15-21)28-23-18-10-11-19-24(23)29-22-16-8-3-9-17-22/h1-9,12-17,23-27H,10-11,18-19H2/t23-,24-,25-,26-/m0/s1. The number of aliphatic hydroxyl groups excluding tert-OH is 1. The van der Waals surface area contributed by atoms with Crippen molar-refractivity contribution in [3.8, 4) is 0 Å². The molecular formula is C26H28O2Se. The molecule has 0 spiro atoms. The Kier molecular flexibility index (Phi) is 7.18.